The molecule has 1 atom stereocenters. The Kier molecular flexibility index (Phi) is 9.00. The molecule has 82 valence electrons. The maximum atomic E-state index is 11.1. The first-order chi connectivity index (χ1) is 5.59. The van der Waals surface area contributed by atoms with Crippen LogP contribution in [0.5, 0.6) is 0 Å². The predicted molar refractivity (Wildman–Crippen MR) is 50.1 cm³/mol. The molecule has 0 aliphatic carbocycles. The Hall–Kier alpha value is 0.270. The molecule has 0 radical (unpaired) electrons. The monoisotopic (exact) mass is 364 g/mol. The molecule has 14 heavy (non-hydrogen) atoms. The van der Waals surface area contributed by atoms with Crippen LogP contribution in [0.4, 0.5) is 0 Å². The number of thioether (sulfide) groups is 2. The summed E-state index contributed by atoms with van der Waals surface area (Å²) in [6.07, 6.45) is 0. The fraction of sp³-hybridized carbons (Fsp3) is 0.400. The molecule has 1 heterocycles. The van der Waals surface area contributed by atoms with Crippen molar-refractivity contribution in [2.24, 2.45) is 11.5 Å². The molecule has 0 saturated heterocycles. The zero-order valence-corrected chi connectivity index (χ0v) is 11.8. The van der Waals surface area contributed by atoms with E-state index in [0.29, 0.717) is 10.9 Å². The van der Waals surface area contributed by atoms with E-state index in [2.05, 4.69) is 4.99 Å². The number of carbonyl (C=O) groups is 1. The van der Waals surface area contributed by atoms with Crippen LogP contribution in [0.15, 0.2) is 0 Å². The number of hydrogen-bond acceptors (Lipinski definition) is 4. The van der Waals surface area contributed by atoms with Crippen molar-refractivity contribution < 1.29 is 49.2 Å². The highest BCUT2D eigenvalue weighted by molar-refractivity contribution is 8.17. The Morgan fingerprint density at radius 1 is 1.64 bits per heavy atom. The van der Waals surface area contributed by atoms with Gasteiger partial charge in [-0.2, -0.15) is 0 Å². The Bertz CT molecular complexity index is 260. The molecular weight excluding hydrogens is 356 g/mol. The maximum Gasteiger partial charge on any atom is 0.322 e. The lowest BCUT2D eigenvalue weighted by Crippen LogP contribution is -3.00. The third-order valence-electron chi connectivity index (χ3n) is 1.21. The molecule has 0 aromatic heterocycles. The smallest absolute Gasteiger partial charge is 0.322 e. The molecule has 1 unspecified atom stereocenters. The van der Waals surface area contributed by atoms with Crippen LogP contribution >= 0.6 is 23.5 Å². The molecule has 9 heteroatoms. The second kappa shape index (κ2) is 7.55. The van der Waals surface area contributed by atoms with E-state index in [1.54, 1.807) is 0 Å². The summed E-state index contributed by atoms with van der Waals surface area (Å²) in [4.78, 5) is 13.6. The first kappa shape index (κ1) is 16.7. The molecule has 0 aromatic rings. The zero-order chi connectivity index (χ0) is 9.14. The van der Waals surface area contributed by atoms with E-state index in [4.69, 9.17) is 16.9 Å². The van der Waals surface area contributed by atoms with E-state index in [-0.39, 0.29) is 50.3 Å². The van der Waals surface area contributed by atoms with Gasteiger partial charge in [0.05, 0.1) is 0 Å². The van der Waals surface area contributed by atoms with Crippen LogP contribution in [-0.2, 0) is 4.79 Å². The fourth-order valence-electron chi connectivity index (χ4n) is 0.720. The van der Waals surface area contributed by atoms with Crippen LogP contribution in [0, 0.1) is 0 Å². The number of nitrogens with one attached hydrogen (secondary N) is 1. The minimum atomic E-state index is -0.169. The number of amides is 1. The second-order valence-corrected chi connectivity index (χ2v) is 4.51. The number of nitrogens with two attached hydrogens (primary N) is 3. The standard InChI is InChI=1S/C5H8N4OS2.2BrH/c6-4(7)11-1-2-3(10)9-5(8)12-2;;/h2H,1H2,(H3,6,7)(H2,8,9,10);2*1H. The summed E-state index contributed by atoms with van der Waals surface area (Å²) in [7, 11) is 0. The average Bonchev–Trinajstić information content (AvgIpc) is 2.26. The normalized spacial score (nSPS) is 19.3. The summed E-state index contributed by atoms with van der Waals surface area (Å²) in [6.45, 7) is 0. The Morgan fingerprint density at radius 2 is 2.21 bits per heavy atom. The number of hydrogen-bond donors (Lipinski definition) is 4. The molecule has 1 rings (SSSR count). The molecule has 0 fully saturated rings. The van der Waals surface area contributed by atoms with Crippen molar-refractivity contribution in [2.75, 3.05) is 5.75 Å². The third kappa shape index (κ3) is 5.23. The van der Waals surface area contributed by atoms with Gasteiger partial charge < -0.3 is 34.0 Å². The lowest BCUT2D eigenvalue weighted by Gasteiger charge is -1.98. The summed E-state index contributed by atoms with van der Waals surface area (Å²) in [5.74, 6) is 0.478. The number of halogens is 2. The van der Waals surface area contributed by atoms with Crippen molar-refractivity contribution in [1.29, 1.82) is 0 Å². The van der Waals surface area contributed by atoms with Crippen molar-refractivity contribution in [3.05, 3.63) is 0 Å². The molecule has 0 aromatic carbocycles. The molecule has 0 saturated carbocycles. The highest BCUT2D eigenvalue weighted by Crippen LogP contribution is 2.15. The van der Waals surface area contributed by atoms with Gasteiger partial charge in [-0.3, -0.25) is 16.9 Å². The highest BCUT2D eigenvalue weighted by Gasteiger charge is 2.31. The average molecular weight is 366 g/mol. The van der Waals surface area contributed by atoms with Crippen molar-refractivity contribution in [3.8, 4) is 0 Å². The van der Waals surface area contributed by atoms with Gasteiger partial charge in [-0.15, -0.1) is 0 Å². The molecule has 1 aliphatic heterocycles. The quantitative estimate of drug-likeness (QED) is 0.287. The van der Waals surface area contributed by atoms with Gasteiger partial charge in [0.15, 0.2) is 0 Å². The predicted octanol–water partition coefficient (Wildman–Crippen LogP) is -10.2. The van der Waals surface area contributed by atoms with Gasteiger partial charge in [-0.25, -0.2) is 9.79 Å². The summed E-state index contributed by atoms with van der Waals surface area (Å²) < 4.78 is 0. The topological polar surface area (TPSA) is 109 Å². The van der Waals surface area contributed by atoms with Gasteiger partial charge in [0.1, 0.15) is 5.25 Å². The van der Waals surface area contributed by atoms with Crippen molar-refractivity contribution >= 4 is 39.8 Å². The third-order valence-corrected chi connectivity index (χ3v) is 3.28. The summed E-state index contributed by atoms with van der Waals surface area (Å²) >= 11 is 2.56. The lowest BCUT2D eigenvalue weighted by molar-refractivity contribution is -0.371. The summed E-state index contributed by atoms with van der Waals surface area (Å²) in [6, 6.07) is 0. The van der Waals surface area contributed by atoms with E-state index in [1.807, 2.05) is 0 Å². The highest BCUT2D eigenvalue weighted by atomic mass is 79.9. The van der Waals surface area contributed by atoms with Crippen molar-refractivity contribution in [2.45, 2.75) is 5.25 Å². The van der Waals surface area contributed by atoms with E-state index >= 15 is 0 Å². The first-order valence-electron chi connectivity index (χ1n) is 3.20. The summed E-state index contributed by atoms with van der Waals surface area (Å²) in [5, 5.41) is 5.78. The van der Waals surface area contributed by atoms with Crippen LogP contribution in [-0.4, -0.2) is 27.2 Å². The van der Waals surface area contributed by atoms with Crippen LogP contribution < -0.4 is 55.8 Å². The van der Waals surface area contributed by atoms with Crippen molar-refractivity contribution in [3.63, 3.8) is 0 Å². The van der Waals surface area contributed by atoms with Gasteiger partial charge in [-0.05, 0) is 23.5 Å². The van der Waals surface area contributed by atoms with Gasteiger partial charge >= 0.3 is 11.1 Å². The van der Waals surface area contributed by atoms with Crippen LogP contribution in [0.3, 0.4) is 0 Å². The van der Waals surface area contributed by atoms with E-state index < -0.39 is 0 Å². The largest absolute Gasteiger partial charge is 1.00 e. The van der Waals surface area contributed by atoms with Gasteiger partial charge in [0, 0.05) is 5.75 Å². The molecular formula is C5H10Br2N4OS2. The Balaban J connectivity index is 0. The SMILES string of the molecule is NC(=[NH2+])SCC1SC(N)=[NH+]C1=O.[Br-].[Br-]. The first-order valence-corrected chi connectivity index (χ1v) is 5.06. The number of amidine groups is 2. The molecule has 0 bridgehead atoms. The van der Waals surface area contributed by atoms with Crippen LogP contribution in [0.2, 0.25) is 0 Å². The molecule has 7 N–H and O–H groups in total. The molecule has 1 amide bonds. The molecule has 0 spiro atoms. The van der Waals surface area contributed by atoms with E-state index in [0.717, 1.165) is 0 Å². The minimum Gasteiger partial charge on any atom is -1.00 e. The van der Waals surface area contributed by atoms with Crippen molar-refractivity contribution in [1.82, 2.24) is 0 Å². The van der Waals surface area contributed by atoms with E-state index in [9.17, 15) is 4.79 Å². The minimum absolute atomic E-state index is 0. The second-order valence-electron chi connectivity index (χ2n) is 2.17. The molecule has 1 aliphatic rings. The Labute approximate surface area is 111 Å². The van der Waals surface area contributed by atoms with Crippen LogP contribution in [0.1, 0.15) is 0 Å². The molecule has 5 nitrogen and oxygen atoms in total. The van der Waals surface area contributed by atoms with Gasteiger partial charge in [-0.1, -0.05) is 0 Å². The van der Waals surface area contributed by atoms with Gasteiger partial charge in [0.25, 0.3) is 5.17 Å². The number of carbonyl (C=O) groups excluding carboxylic acids is 1. The lowest BCUT2D eigenvalue weighted by atomic mass is 10.5. The van der Waals surface area contributed by atoms with Crippen LogP contribution in [0.25, 0.3) is 0 Å². The van der Waals surface area contributed by atoms with E-state index in [1.165, 1.54) is 23.5 Å². The Morgan fingerprint density at radius 3 is 2.57 bits per heavy atom. The fourth-order valence-corrected chi connectivity index (χ4v) is 2.32. The number of rotatable bonds is 2. The maximum absolute atomic E-state index is 11.1. The van der Waals surface area contributed by atoms with Gasteiger partial charge in [0.2, 0.25) is 0 Å². The zero-order valence-electron chi connectivity index (χ0n) is 7.00. The summed E-state index contributed by atoms with van der Waals surface area (Å²) in [5.41, 5.74) is 10.6.